The van der Waals surface area contributed by atoms with Crippen LogP contribution in [-0.2, 0) is 0 Å². The molecule has 5 nitrogen and oxygen atoms in total. The van der Waals surface area contributed by atoms with Crippen LogP contribution in [0.25, 0.3) is 0 Å². The van der Waals surface area contributed by atoms with Gasteiger partial charge in [-0.25, -0.2) is 4.98 Å². The van der Waals surface area contributed by atoms with Gasteiger partial charge in [0.1, 0.15) is 5.82 Å². The lowest BCUT2D eigenvalue weighted by molar-refractivity contribution is 0.390. The molecule has 3 rings (SSSR count). The number of aromatic nitrogens is 2. The fourth-order valence-electron chi connectivity index (χ4n) is 2.80. The van der Waals surface area contributed by atoms with Gasteiger partial charge in [0.15, 0.2) is 5.11 Å². The zero-order valence-electron chi connectivity index (χ0n) is 13.5. The van der Waals surface area contributed by atoms with Crippen LogP contribution in [-0.4, -0.2) is 46.2 Å². The monoisotopic (exact) mass is 327 g/mol. The van der Waals surface area contributed by atoms with E-state index in [-0.39, 0.29) is 0 Å². The molecule has 6 heteroatoms. The Morgan fingerprint density at radius 1 is 1.17 bits per heavy atom. The second kappa shape index (κ2) is 6.91. The van der Waals surface area contributed by atoms with Crippen LogP contribution in [0.3, 0.4) is 0 Å². The molecule has 0 saturated carbocycles. The van der Waals surface area contributed by atoms with E-state index in [0.717, 1.165) is 42.8 Å². The standard InChI is InChI=1S/C17H21N5S/c1-13-10-14(2)19-16(11-13)20-17(23)22-8-6-21(7-9-22)15-4-3-5-18-12-15/h3-5,10-12H,6-9H2,1-2H3,(H,19,20,23). The first kappa shape index (κ1) is 15.7. The van der Waals surface area contributed by atoms with Gasteiger partial charge < -0.3 is 15.1 Å². The maximum atomic E-state index is 5.54. The smallest absolute Gasteiger partial charge is 0.174 e. The van der Waals surface area contributed by atoms with Gasteiger partial charge >= 0.3 is 0 Å². The summed E-state index contributed by atoms with van der Waals surface area (Å²) in [5, 5.41) is 4.01. The Morgan fingerprint density at radius 3 is 2.61 bits per heavy atom. The Balaban J connectivity index is 1.58. The summed E-state index contributed by atoms with van der Waals surface area (Å²) in [6.07, 6.45) is 3.71. The molecule has 0 amide bonds. The molecular formula is C17H21N5S. The quantitative estimate of drug-likeness (QED) is 0.856. The van der Waals surface area contributed by atoms with Crippen molar-refractivity contribution in [2.75, 3.05) is 36.4 Å². The molecule has 0 unspecified atom stereocenters. The van der Waals surface area contributed by atoms with E-state index in [4.69, 9.17) is 12.2 Å². The summed E-state index contributed by atoms with van der Waals surface area (Å²) in [6.45, 7) is 7.72. The molecule has 2 aromatic rings. The first-order valence-corrected chi connectivity index (χ1v) is 8.19. The maximum Gasteiger partial charge on any atom is 0.174 e. The Morgan fingerprint density at radius 2 is 1.96 bits per heavy atom. The summed E-state index contributed by atoms with van der Waals surface area (Å²) in [4.78, 5) is 13.2. The van der Waals surface area contributed by atoms with Gasteiger partial charge in [-0.2, -0.15) is 0 Å². The Labute approximate surface area is 142 Å². The number of pyridine rings is 2. The summed E-state index contributed by atoms with van der Waals surface area (Å²) in [5.74, 6) is 0.821. The first-order chi connectivity index (χ1) is 11.1. The van der Waals surface area contributed by atoms with Crippen molar-refractivity contribution in [1.82, 2.24) is 14.9 Å². The lowest BCUT2D eigenvalue weighted by Gasteiger charge is -2.37. The van der Waals surface area contributed by atoms with Crippen LogP contribution in [0, 0.1) is 13.8 Å². The van der Waals surface area contributed by atoms with E-state index in [1.165, 1.54) is 11.3 Å². The molecule has 1 saturated heterocycles. The van der Waals surface area contributed by atoms with Crippen molar-refractivity contribution in [2.45, 2.75) is 13.8 Å². The fraction of sp³-hybridized carbons (Fsp3) is 0.353. The molecule has 0 radical (unpaired) electrons. The normalized spacial score (nSPS) is 14.7. The number of nitrogens with zero attached hydrogens (tertiary/aromatic N) is 4. The maximum absolute atomic E-state index is 5.54. The topological polar surface area (TPSA) is 44.3 Å². The molecule has 0 aliphatic carbocycles. The third-order valence-electron chi connectivity index (χ3n) is 3.91. The highest BCUT2D eigenvalue weighted by Crippen LogP contribution is 2.15. The highest BCUT2D eigenvalue weighted by molar-refractivity contribution is 7.80. The summed E-state index contributed by atoms with van der Waals surface area (Å²) in [7, 11) is 0. The van der Waals surface area contributed by atoms with E-state index in [1.807, 2.05) is 25.3 Å². The van der Waals surface area contributed by atoms with Gasteiger partial charge in [-0.05, 0) is 55.9 Å². The SMILES string of the molecule is Cc1cc(C)nc(NC(=S)N2CCN(c3cccnc3)CC2)c1. The largest absolute Gasteiger partial charge is 0.367 e. The van der Waals surface area contributed by atoms with Gasteiger partial charge in [-0.15, -0.1) is 0 Å². The summed E-state index contributed by atoms with van der Waals surface area (Å²) in [6, 6.07) is 8.14. The average molecular weight is 327 g/mol. The summed E-state index contributed by atoms with van der Waals surface area (Å²) >= 11 is 5.54. The summed E-state index contributed by atoms with van der Waals surface area (Å²) in [5.41, 5.74) is 3.35. The van der Waals surface area contributed by atoms with E-state index in [2.05, 4.69) is 44.1 Å². The molecular weight excluding hydrogens is 306 g/mol. The molecule has 0 bridgehead atoms. The predicted octanol–water partition coefficient (Wildman–Crippen LogP) is 2.61. The van der Waals surface area contributed by atoms with Crippen molar-refractivity contribution in [2.24, 2.45) is 0 Å². The minimum absolute atomic E-state index is 0.744. The van der Waals surface area contributed by atoms with E-state index in [1.54, 1.807) is 6.20 Å². The number of aryl methyl sites for hydroxylation is 2. The zero-order valence-corrected chi connectivity index (χ0v) is 14.3. The number of rotatable bonds is 2. The number of hydrogen-bond donors (Lipinski definition) is 1. The van der Waals surface area contributed by atoms with Crippen molar-refractivity contribution in [3.05, 3.63) is 47.9 Å². The minimum Gasteiger partial charge on any atom is -0.367 e. The highest BCUT2D eigenvalue weighted by atomic mass is 32.1. The van der Waals surface area contributed by atoms with Crippen LogP contribution >= 0.6 is 12.2 Å². The second-order valence-electron chi connectivity index (χ2n) is 5.79. The highest BCUT2D eigenvalue weighted by Gasteiger charge is 2.19. The van der Waals surface area contributed by atoms with Gasteiger partial charge in [-0.3, -0.25) is 4.98 Å². The van der Waals surface area contributed by atoms with Crippen molar-refractivity contribution in [3.8, 4) is 0 Å². The van der Waals surface area contributed by atoms with Crippen molar-refractivity contribution >= 4 is 28.8 Å². The van der Waals surface area contributed by atoms with Gasteiger partial charge in [0.05, 0.1) is 11.9 Å². The average Bonchev–Trinajstić information content (AvgIpc) is 2.55. The second-order valence-corrected chi connectivity index (χ2v) is 6.17. The van der Waals surface area contributed by atoms with Crippen LogP contribution in [0.4, 0.5) is 11.5 Å². The van der Waals surface area contributed by atoms with Crippen molar-refractivity contribution < 1.29 is 0 Å². The number of piperazine rings is 1. The Bertz CT molecular complexity index is 660. The van der Waals surface area contributed by atoms with Gasteiger partial charge in [0, 0.05) is 38.1 Å². The lowest BCUT2D eigenvalue weighted by atomic mass is 10.2. The fourth-order valence-corrected chi connectivity index (χ4v) is 3.09. The zero-order chi connectivity index (χ0) is 16.2. The van der Waals surface area contributed by atoms with Crippen LogP contribution in [0.2, 0.25) is 0 Å². The van der Waals surface area contributed by atoms with Gasteiger partial charge in [-0.1, -0.05) is 0 Å². The van der Waals surface area contributed by atoms with Gasteiger partial charge in [0.2, 0.25) is 0 Å². The number of hydrogen-bond acceptors (Lipinski definition) is 4. The predicted molar refractivity (Wildman–Crippen MR) is 98.0 cm³/mol. The minimum atomic E-state index is 0.744. The van der Waals surface area contributed by atoms with E-state index < -0.39 is 0 Å². The van der Waals surface area contributed by atoms with E-state index in [0.29, 0.717) is 0 Å². The van der Waals surface area contributed by atoms with E-state index in [9.17, 15) is 0 Å². The molecule has 3 heterocycles. The van der Waals surface area contributed by atoms with Gasteiger partial charge in [0.25, 0.3) is 0 Å². The molecule has 120 valence electrons. The third kappa shape index (κ3) is 3.96. The molecule has 1 aliphatic rings. The molecule has 0 atom stereocenters. The molecule has 0 spiro atoms. The number of thiocarbonyl (C=S) groups is 1. The number of anilines is 2. The molecule has 1 fully saturated rings. The molecule has 0 aromatic carbocycles. The number of nitrogens with one attached hydrogen (secondary N) is 1. The molecule has 1 aliphatic heterocycles. The third-order valence-corrected chi connectivity index (χ3v) is 4.27. The van der Waals surface area contributed by atoms with Crippen molar-refractivity contribution in [1.29, 1.82) is 0 Å². The van der Waals surface area contributed by atoms with E-state index >= 15 is 0 Å². The van der Waals surface area contributed by atoms with Crippen LogP contribution < -0.4 is 10.2 Å². The van der Waals surface area contributed by atoms with Crippen LogP contribution in [0.5, 0.6) is 0 Å². The summed E-state index contributed by atoms with van der Waals surface area (Å²) < 4.78 is 0. The Hall–Kier alpha value is -2.21. The molecule has 2 aromatic heterocycles. The van der Waals surface area contributed by atoms with Crippen LogP contribution in [0.1, 0.15) is 11.3 Å². The van der Waals surface area contributed by atoms with Crippen LogP contribution in [0.15, 0.2) is 36.7 Å². The Kier molecular flexibility index (Phi) is 4.71. The first-order valence-electron chi connectivity index (χ1n) is 7.78. The molecule has 1 N–H and O–H groups in total. The lowest BCUT2D eigenvalue weighted by Crippen LogP contribution is -2.50. The van der Waals surface area contributed by atoms with Crippen molar-refractivity contribution in [3.63, 3.8) is 0 Å². The molecule has 23 heavy (non-hydrogen) atoms.